The number of carbonyl (C=O) groups excluding carboxylic acids is 3. The number of ether oxygens (including phenoxy) is 1. The maximum absolute atomic E-state index is 12.8. The van der Waals surface area contributed by atoms with Crippen molar-refractivity contribution >= 4 is 17.8 Å². The van der Waals surface area contributed by atoms with Gasteiger partial charge in [-0.15, -0.1) is 0 Å². The van der Waals surface area contributed by atoms with Crippen LogP contribution in [0.4, 0.5) is 4.79 Å². The molecule has 2 aliphatic heterocycles. The van der Waals surface area contributed by atoms with E-state index in [0.717, 1.165) is 19.3 Å². The van der Waals surface area contributed by atoms with Crippen molar-refractivity contribution in [1.29, 1.82) is 0 Å². The van der Waals surface area contributed by atoms with E-state index in [2.05, 4.69) is 5.32 Å². The first-order valence-corrected chi connectivity index (χ1v) is 7.37. The van der Waals surface area contributed by atoms with Gasteiger partial charge in [0.15, 0.2) is 0 Å². The summed E-state index contributed by atoms with van der Waals surface area (Å²) >= 11 is 0. The second-order valence-corrected chi connectivity index (χ2v) is 6.01. The molecule has 0 aromatic heterocycles. The smallest absolute Gasteiger partial charge is 0.331 e. The lowest BCUT2D eigenvalue weighted by Gasteiger charge is -2.43. The van der Waals surface area contributed by atoms with E-state index < -0.39 is 17.4 Å². The molecule has 3 rings (SSSR count). The fourth-order valence-electron chi connectivity index (χ4n) is 3.65. The van der Waals surface area contributed by atoms with E-state index in [-0.39, 0.29) is 18.1 Å². The largest absolute Gasteiger partial charge is 0.376 e. The summed E-state index contributed by atoms with van der Waals surface area (Å²) in [5.41, 5.74) is -1.02. The van der Waals surface area contributed by atoms with Crippen molar-refractivity contribution in [1.82, 2.24) is 10.2 Å². The second kappa shape index (κ2) is 4.84. The maximum Gasteiger partial charge on any atom is 0.331 e. The van der Waals surface area contributed by atoms with Crippen LogP contribution in [0.2, 0.25) is 0 Å². The van der Waals surface area contributed by atoms with Gasteiger partial charge in [0.25, 0.3) is 0 Å². The third kappa shape index (κ3) is 1.85. The molecule has 0 aromatic rings. The van der Waals surface area contributed by atoms with Crippen molar-refractivity contribution in [2.24, 2.45) is 5.41 Å². The summed E-state index contributed by atoms with van der Waals surface area (Å²) in [5.74, 6) is -0.719. The first kappa shape index (κ1) is 13.5. The summed E-state index contributed by atoms with van der Waals surface area (Å²) in [7, 11) is 0. The monoisotopic (exact) mass is 280 g/mol. The molecule has 6 heteroatoms. The van der Waals surface area contributed by atoms with Crippen molar-refractivity contribution in [2.45, 2.75) is 57.6 Å². The number of amides is 4. The highest BCUT2D eigenvalue weighted by atomic mass is 16.5. The molecular weight excluding hydrogens is 260 g/mol. The Balaban J connectivity index is 1.92. The van der Waals surface area contributed by atoms with E-state index in [1.807, 2.05) is 6.92 Å². The number of barbiturate groups is 1. The van der Waals surface area contributed by atoms with Crippen LogP contribution >= 0.6 is 0 Å². The van der Waals surface area contributed by atoms with Crippen LogP contribution < -0.4 is 5.32 Å². The molecule has 2 saturated heterocycles. The Hall–Kier alpha value is -1.43. The zero-order valence-electron chi connectivity index (χ0n) is 11.7. The Morgan fingerprint density at radius 2 is 1.90 bits per heavy atom. The average Bonchev–Trinajstić information content (AvgIpc) is 2.84. The number of hydrogen-bond acceptors (Lipinski definition) is 4. The van der Waals surface area contributed by atoms with Crippen LogP contribution in [0.1, 0.15) is 45.4 Å². The number of rotatable bonds is 1. The summed E-state index contributed by atoms with van der Waals surface area (Å²) in [4.78, 5) is 38.4. The highest BCUT2D eigenvalue weighted by molar-refractivity contribution is 6.19. The van der Waals surface area contributed by atoms with Gasteiger partial charge in [0.1, 0.15) is 5.41 Å². The molecule has 1 saturated carbocycles. The number of imide groups is 2. The normalized spacial score (nSPS) is 33.6. The van der Waals surface area contributed by atoms with Crippen LogP contribution in [-0.2, 0) is 14.3 Å². The Morgan fingerprint density at radius 3 is 2.50 bits per heavy atom. The SMILES string of the molecule is CC1OCCC1N1C(=O)NC(=O)C2(CCCCC2)C1=O. The molecule has 0 bridgehead atoms. The predicted molar refractivity (Wildman–Crippen MR) is 69.7 cm³/mol. The molecule has 0 aromatic carbocycles. The van der Waals surface area contributed by atoms with Gasteiger partial charge < -0.3 is 4.74 Å². The van der Waals surface area contributed by atoms with Crippen LogP contribution in [0.3, 0.4) is 0 Å². The Morgan fingerprint density at radius 1 is 1.20 bits per heavy atom. The minimum Gasteiger partial charge on any atom is -0.376 e. The fourth-order valence-corrected chi connectivity index (χ4v) is 3.65. The van der Waals surface area contributed by atoms with Crippen LogP contribution in [0, 0.1) is 5.41 Å². The summed E-state index contributed by atoms with van der Waals surface area (Å²) in [5, 5.41) is 2.39. The van der Waals surface area contributed by atoms with Crippen LogP contribution in [0.25, 0.3) is 0 Å². The molecule has 20 heavy (non-hydrogen) atoms. The average molecular weight is 280 g/mol. The molecule has 3 fully saturated rings. The summed E-state index contributed by atoms with van der Waals surface area (Å²) in [6, 6.07) is -0.840. The zero-order chi connectivity index (χ0) is 14.3. The lowest BCUT2D eigenvalue weighted by Crippen LogP contribution is -2.67. The molecule has 1 spiro atoms. The molecule has 6 nitrogen and oxygen atoms in total. The number of carbonyl (C=O) groups is 3. The fraction of sp³-hybridized carbons (Fsp3) is 0.786. The third-order valence-corrected chi connectivity index (χ3v) is 4.88. The molecule has 1 N–H and O–H groups in total. The van der Waals surface area contributed by atoms with Crippen LogP contribution in [0.5, 0.6) is 0 Å². The van der Waals surface area contributed by atoms with Crippen molar-refractivity contribution in [3.8, 4) is 0 Å². The first-order chi connectivity index (χ1) is 9.56. The first-order valence-electron chi connectivity index (χ1n) is 7.37. The van der Waals surface area contributed by atoms with E-state index >= 15 is 0 Å². The van der Waals surface area contributed by atoms with Crippen molar-refractivity contribution in [3.63, 3.8) is 0 Å². The molecule has 1 aliphatic carbocycles. The molecule has 4 amide bonds. The van der Waals surface area contributed by atoms with Gasteiger partial charge in [0, 0.05) is 6.61 Å². The molecule has 2 unspecified atom stereocenters. The van der Waals surface area contributed by atoms with Gasteiger partial charge in [-0.1, -0.05) is 19.3 Å². The number of nitrogens with zero attached hydrogens (tertiary/aromatic N) is 1. The highest BCUT2D eigenvalue weighted by Gasteiger charge is 2.56. The van der Waals surface area contributed by atoms with Gasteiger partial charge >= 0.3 is 6.03 Å². The summed E-state index contributed by atoms with van der Waals surface area (Å²) in [6.45, 7) is 2.41. The predicted octanol–water partition coefficient (Wildman–Crippen LogP) is 1.19. The third-order valence-electron chi connectivity index (χ3n) is 4.88. The van der Waals surface area contributed by atoms with Crippen LogP contribution in [-0.4, -0.2) is 41.5 Å². The molecule has 110 valence electrons. The quantitative estimate of drug-likeness (QED) is 0.732. The van der Waals surface area contributed by atoms with E-state index in [1.165, 1.54) is 4.90 Å². The molecular formula is C14H20N2O4. The summed E-state index contributed by atoms with van der Waals surface area (Å²) in [6.07, 6.45) is 4.32. The van der Waals surface area contributed by atoms with Crippen molar-refractivity contribution in [2.75, 3.05) is 6.61 Å². The van der Waals surface area contributed by atoms with E-state index in [1.54, 1.807) is 0 Å². The van der Waals surface area contributed by atoms with Gasteiger partial charge in [-0.25, -0.2) is 4.79 Å². The maximum atomic E-state index is 12.8. The zero-order valence-corrected chi connectivity index (χ0v) is 11.7. The van der Waals surface area contributed by atoms with E-state index in [0.29, 0.717) is 25.9 Å². The van der Waals surface area contributed by atoms with Crippen molar-refractivity contribution < 1.29 is 19.1 Å². The molecule has 2 atom stereocenters. The lowest BCUT2D eigenvalue weighted by molar-refractivity contribution is -0.156. The van der Waals surface area contributed by atoms with Gasteiger partial charge in [0.2, 0.25) is 11.8 Å². The minimum absolute atomic E-state index is 0.168. The number of urea groups is 1. The van der Waals surface area contributed by atoms with Crippen LogP contribution in [0.15, 0.2) is 0 Å². The highest BCUT2D eigenvalue weighted by Crippen LogP contribution is 2.41. The topological polar surface area (TPSA) is 75.7 Å². The lowest BCUT2D eigenvalue weighted by atomic mass is 9.71. The van der Waals surface area contributed by atoms with Gasteiger partial charge in [-0.2, -0.15) is 0 Å². The van der Waals surface area contributed by atoms with Gasteiger partial charge in [-0.3, -0.25) is 19.8 Å². The Labute approximate surface area is 117 Å². The number of nitrogens with one attached hydrogen (secondary N) is 1. The molecule has 2 heterocycles. The number of hydrogen-bond donors (Lipinski definition) is 1. The minimum atomic E-state index is -1.02. The Bertz CT molecular complexity index is 456. The Kier molecular flexibility index (Phi) is 3.28. The second-order valence-electron chi connectivity index (χ2n) is 6.01. The van der Waals surface area contributed by atoms with Gasteiger partial charge in [0.05, 0.1) is 12.1 Å². The van der Waals surface area contributed by atoms with Crippen molar-refractivity contribution in [3.05, 3.63) is 0 Å². The molecule has 0 radical (unpaired) electrons. The van der Waals surface area contributed by atoms with E-state index in [9.17, 15) is 14.4 Å². The standard InChI is InChI=1S/C14H20N2O4/c1-9-10(5-8-20-9)16-12(18)14(6-3-2-4-7-14)11(17)15-13(16)19/h9-10H,2-8H2,1H3,(H,15,17,19). The molecule has 3 aliphatic rings. The summed E-state index contributed by atoms with van der Waals surface area (Å²) < 4.78 is 5.46. The van der Waals surface area contributed by atoms with Gasteiger partial charge in [-0.05, 0) is 26.2 Å². The van der Waals surface area contributed by atoms with E-state index in [4.69, 9.17) is 4.74 Å².